The summed E-state index contributed by atoms with van der Waals surface area (Å²) in [7, 11) is 0. The van der Waals surface area contributed by atoms with Gasteiger partial charge in [0.2, 0.25) is 11.8 Å². The minimum Gasteiger partial charge on any atom is -0.352 e. The van der Waals surface area contributed by atoms with Crippen LogP contribution in [0.15, 0.2) is 0 Å². The van der Waals surface area contributed by atoms with Crippen LogP contribution in [0.25, 0.3) is 0 Å². The van der Waals surface area contributed by atoms with E-state index in [1.807, 2.05) is 4.90 Å². The minimum atomic E-state index is -0.463. The van der Waals surface area contributed by atoms with Gasteiger partial charge in [-0.05, 0) is 50.5 Å². The fourth-order valence-corrected chi connectivity index (χ4v) is 6.39. The second kappa shape index (κ2) is 11.7. The summed E-state index contributed by atoms with van der Waals surface area (Å²) in [6.45, 7) is 9.73. The van der Waals surface area contributed by atoms with Crippen molar-refractivity contribution in [3.63, 3.8) is 0 Å². The number of carbonyl (C=O) groups excluding carboxylic acids is 2. The van der Waals surface area contributed by atoms with Crippen LogP contribution in [0.5, 0.6) is 0 Å². The number of rotatable bonds is 6. The Morgan fingerprint density at radius 3 is 2.24 bits per heavy atom. The fraction of sp³-hybridized carbons (Fsp3) is 0.923. The standard InChI is InChI=1S/C26H48N6O2/c1-26(2,3)22-13-12-19(15-29-22)32(25(34)21-16-27-17-30-21)23(20-11-7-8-14-28-20)24(33)31-18-9-5-4-6-10-18/h18-23,27-30H,4-17H2,1-3H3,(H,31,33). The van der Waals surface area contributed by atoms with Crippen LogP contribution in [-0.4, -0.2) is 79.3 Å². The number of amides is 2. The maximum absolute atomic E-state index is 14.0. The van der Waals surface area contributed by atoms with Gasteiger partial charge in [-0.1, -0.05) is 46.5 Å². The molecule has 34 heavy (non-hydrogen) atoms. The van der Waals surface area contributed by atoms with Crippen molar-refractivity contribution >= 4 is 11.8 Å². The summed E-state index contributed by atoms with van der Waals surface area (Å²) in [6, 6.07) is -0.0287. The Hall–Kier alpha value is -1.22. The van der Waals surface area contributed by atoms with Gasteiger partial charge in [-0.3, -0.25) is 14.9 Å². The van der Waals surface area contributed by atoms with E-state index in [1.54, 1.807) is 0 Å². The van der Waals surface area contributed by atoms with Crippen LogP contribution in [0, 0.1) is 5.41 Å². The average molecular weight is 477 g/mol. The van der Waals surface area contributed by atoms with E-state index in [0.29, 0.717) is 19.3 Å². The van der Waals surface area contributed by atoms with Crippen molar-refractivity contribution in [3.8, 4) is 0 Å². The smallest absolute Gasteiger partial charge is 0.244 e. The monoisotopic (exact) mass is 476 g/mol. The average Bonchev–Trinajstić information content (AvgIpc) is 3.38. The van der Waals surface area contributed by atoms with Crippen molar-refractivity contribution in [1.29, 1.82) is 0 Å². The highest BCUT2D eigenvalue weighted by Gasteiger charge is 2.45. The lowest BCUT2D eigenvalue weighted by Gasteiger charge is -2.47. The third-order valence-electron chi connectivity index (χ3n) is 8.45. The quantitative estimate of drug-likeness (QED) is 0.398. The third kappa shape index (κ3) is 6.31. The zero-order chi connectivity index (χ0) is 24.1. The minimum absolute atomic E-state index is 0.0102. The van der Waals surface area contributed by atoms with Crippen LogP contribution in [-0.2, 0) is 9.59 Å². The summed E-state index contributed by atoms with van der Waals surface area (Å²) in [5, 5.41) is 17.3. The van der Waals surface area contributed by atoms with Gasteiger partial charge in [-0.25, -0.2) is 0 Å². The lowest BCUT2D eigenvalue weighted by molar-refractivity contribution is -0.147. The topological polar surface area (TPSA) is 97.5 Å². The highest BCUT2D eigenvalue weighted by Crippen LogP contribution is 2.30. The van der Waals surface area contributed by atoms with E-state index in [9.17, 15) is 9.59 Å². The SMILES string of the molecule is CC(C)(C)C1CCC(N(C(=O)C2CNCN2)C(C(=O)NC2CCCCC2)C2CCCCN2)CN1. The molecule has 4 aliphatic rings. The first-order valence-corrected chi connectivity index (χ1v) is 13.9. The second-order valence-electron chi connectivity index (χ2n) is 12.0. The Bertz CT molecular complexity index is 669. The summed E-state index contributed by atoms with van der Waals surface area (Å²) in [5.74, 6) is 0.116. The number of nitrogens with one attached hydrogen (secondary N) is 5. The lowest BCUT2D eigenvalue weighted by Crippen LogP contribution is -2.68. The maximum atomic E-state index is 14.0. The molecule has 4 rings (SSSR count). The van der Waals surface area contributed by atoms with E-state index in [1.165, 1.54) is 19.3 Å². The van der Waals surface area contributed by atoms with Crippen LogP contribution in [0.4, 0.5) is 0 Å². The largest absolute Gasteiger partial charge is 0.352 e. The molecule has 1 saturated carbocycles. The highest BCUT2D eigenvalue weighted by molar-refractivity contribution is 5.91. The van der Waals surface area contributed by atoms with Gasteiger partial charge in [0.1, 0.15) is 12.1 Å². The van der Waals surface area contributed by atoms with E-state index >= 15 is 0 Å². The lowest BCUT2D eigenvalue weighted by atomic mass is 9.80. The van der Waals surface area contributed by atoms with Crippen molar-refractivity contribution in [2.24, 2.45) is 5.41 Å². The molecule has 1 aliphatic carbocycles. The molecule has 3 heterocycles. The Kier molecular flexibility index (Phi) is 8.88. The van der Waals surface area contributed by atoms with Crippen LogP contribution >= 0.6 is 0 Å². The molecular weight excluding hydrogens is 428 g/mol. The predicted octanol–water partition coefficient (Wildman–Crippen LogP) is 1.46. The predicted molar refractivity (Wildman–Crippen MR) is 135 cm³/mol. The Morgan fingerprint density at radius 1 is 0.882 bits per heavy atom. The van der Waals surface area contributed by atoms with Crippen LogP contribution in [0.2, 0.25) is 0 Å². The van der Waals surface area contributed by atoms with Gasteiger partial charge in [0.15, 0.2) is 0 Å². The first kappa shape index (κ1) is 25.9. The molecule has 8 nitrogen and oxygen atoms in total. The van der Waals surface area contributed by atoms with Gasteiger partial charge in [-0.15, -0.1) is 0 Å². The molecule has 0 bridgehead atoms. The van der Waals surface area contributed by atoms with Crippen molar-refractivity contribution < 1.29 is 9.59 Å². The summed E-state index contributed by atoms with van der Waals surface area (Å²) >= 11 is 0. The van der Waals surface area contributed by atoms with E-state index in [2.05, 4.69) is 47.4 Å². The van der Waals surface area contributed by atoms with Crippen LogP contribution < -0.4 is 26.6 Å². The fourth-order valence-electron chi connectivity index (χ4n) is 6.39. The number of nitrogens with zero attached hydrogens (tertiary/aromatic N) is 1. The molecule has 5 N–H and O–H groups in total. The van der Waals surface area contributed by atoms with E-state index < -0.39 is 6.04 Å². The Labute approximate surface area is 206 Å². The number of hydrogen-bond donors (Lipinski definition) is 5. The van der Waals surface area contributed by atoms with Gasteiger partial charge in [0.25, 0.3) is 0 Å². The van der Waals surface area contributed by atoms with E-state index in [-0.39, 0.29) is 41.4 Å². The van der Waals surface area contributed by atoms with Crippen molar-refractivity contribution in [2.75, 3.05) is 26.3 Å². The van der Waals surface area contributed by atoms with Crippen molar-refractivity contribution in [2.45, 2.75) is 121 Å². The number of carbonyl (C=O) groups is 2. The summed E-state index contributed by atoms with van der Waals surface area (Å²) in [5.41, 5.74) is 0.180. The van der Waals surface area contributed by atoms with Crippen LogP contribution in [0.1, 0.15) is 85.0 Å². The van der Waals surface area contributed by atoms with Crippen LogP contribution in [0.3, 0.4) is 0 Å². The highest BCUT2D eigenvalue weighted by atomic mass is 16.2. The first-order valence-electron chi connectivity index (χ1n) is 13.9. The molecule has 5 atom stereocenters. The third-order valence-corrected chi connectivity index (χ3v) is 8.45. The van der Waals surface area contributed by atoms with E-state index in [4.69, 9.17) is 0 Å². The molecular formula is C26H48N6O2. The Balaban J connectivity index is 1.58. The molecule has 0 aromatic carbocycles. The van der Waals surface area contributed by atoms with Gasteiger partial charge in [-0.2, -0.15) is 0 Å². The summed E-state index contributed by atoms with van der Waals surface area (Å²) < 4.78 is 0. The number of hydrogen-bond acceptors (Lipinski definition) is 6. The molecule has 0 aromatic rings. The molecule has 2 amide bonds. The first-order chi connectivity index (χ1) is 16.3. The molecule has 5 unspecified atom stereocenters. The van der Waals surface area contributed by atoms with Crippen molar-refractivity contribution in [3.05, 3.63) is 0 Å². The second-order valence-corrected chi connectivity index (χ2v) is 12.0. The van der Waals surface area contributed by atoms with Gasteiger partial charge in [0, 0.05) is 43.9 Å². The van der Waals surface area contributed by atoms with E-state index in [0.717, 1.165) is 58.0 Å². The molecule has 4 fully saturated rings. The molecule has 0 spiro atoms. The molecule has 0 aromatic heterocycles. The molecule has 194 valence electrons. The molecule has 0 radical (unpaired) electrons. The Morgan fingerprint density at radius 2 is 1.65 bits per heavy atom. The van der Waals surface area contributed by atoms with Crippen molar-refractivity contribution in [1.82, 2.24) is 31.5 Å². The summed E-state index contributed by atoms with van der Waals surface area (Å²) in [4.78, 5) is 29.9. The summed E-state index contributed by atoms with van der Waals surface area (Å²) in [6.07, 6.45) is 10.8. The number of piperidine rings is 2. The van der Waals surface area contributed by atoms with Gasteiger partial charge < -0.3 is 26.2 Å². The molecule has 3 aliphatic heterocycles. The zero-order valence-corrected chi connectivity index (χ0v) is 21.6. The normalized spacial score (nSPS) is 32.2. The maximum Gasteiger partial charge on any atom is 0.244 e. The van der Waals surface area contributed by atoms with Gasteiger partial charge in [0.05, 0.1) is 0 Å². The molecule has 3 saturated heterocycles. The van der Waals surface area contributed by atoms with Gasteiger partial charge >= 0.3 is 0 Å². The molecule has 8 heteroatoms. The zero-order valence-electron chi connectivity index (χ0n) is 21.6.